The lowest BCUT2D eigenvalue weighted by atomic mass is 9.98. The topological polar surface area (TPSA) is 89.5 Å². The van der Waals surface area contributed by atoms with Crippen molar-refractivity contribution in [3.63, 3.8) is 0 Å². The number of alkyl halides is 3. The third kappa shape index (κ3) is 5.05. The maximum atomic E-state index is 15.0. The van der Waals surface area contributed by atoms with E-state index in [-0.39, 0.29) is 78.6 Å². The highest BCUT2D eigenvalue weighted by Crippen LogP contribution is 2.47. The van der Waals surface area contributed by atoms with Crippen LogP contribution in [0.5, 0.6) is 11.5 Å². The zero-order valence-electron chi connectivity index (χ0n) is 22.3. The van der Waals surface area contributed by atoms with Gasteiger partial charge in [-0.15, -0.1) is 0 Å². The van der Waals surface area contributed by atoms with Gasteiger partial charge in [-0.05, 0) is 32.1 Å². The molecule has 2 fully saturated rings. The number of pyridine rings is 1. The SMILES string of the molecule is C=CC(=O)N1CCN2C(=O)c3c(N4CCN(C(F)(F)F)C(C)(C)C4)nc(-c4c(O)cccc4F)c(Cl)c3OC[C@H]2C1. The molecule has 1 N–H and O–H groups in total. The first-order chi connectivity index (χ1) is 19.2. The van der Waals surface area contributed by atoms with Gasteiger partial charge in [-0.1, -0.05) is 24.2 Å². The van der Waals surface area contributed by atoms with Crippen LogP contribution in [0.15, 0.2) is 30.9 Å². The van der Waals surface area contributed by atoms with Gasteiger partial charge in [-0.3, -0.25) is 9.59 Å². The number of hydrogen-bond acceptors (Lipinski definition) is 7. The third-order valence-corrected chi connectivity index (χ3v) is 8.03. The van der Waals surface area contributed by atoms with Gasteiger partial charge in [-0.25, -0.2) is 14.3 Å². The summed E-state index contributed by atoms with van der Waals surface area (Å²) >= 11 is 6.70. The molecule has 1 aromatic carbocycles. The lowest BCUT2D eigenvalue weighted by molar-refractivity contribution is -0.274. The minimum atomic E-state index is -4.58. The molecule has 3 aliphatic heterocycles. The van der Waals surface area contributed by atoms with Crippen LogP contribution in [0, 0.1) is 5.82 Å². The van der Waals surface area contributed by atoms with Crippen molar-refractivity contribution in [1.29, 1.82) is 0 Å². The van der Waals surface area contributed by atoms with Gasteiger partial charge in [0.05, 0.1) is 11.6 Å². The van der Waals surface area contributed by atoms with E-state index in [4.69, 9.17) is 16.3 Å². The summed E-state index contributed by atoms with van der Waals surface area (Å²) in [6, 6.07) is 3.06. The quantitative estimate of drug-likeness (QED) is 0.326. The molecule has 0 saturated carbocycles. The Hall–Kier alpha value is -3.58. The fourth-order valence-electron chi connectivity index (χ4n) is 5.72. The van der Waals surface area contributed by atoms with Gasteiger partial charge in [0.25, 0.3) is 5.91 Å². The lowest BCUT2D eigenvalue weighted by Crippen LogP contribution is -2.64. The summed E-state index contributed by atoms with van der Waals surface area (Å²) in [7, 11) is 0. The predicted octanol–water partition coefficient (Wildman–Crippen LogP) is 3.90. The van der Waals surface area contributed by atoms with Gasteiger partial charge in [0.1, 0.15) is 40.3 Å². The van der Waals surface area contributed by atoms with E-state index in [0.717, 1.165) is 6.07 Å². The molecule has 0 unspecified atom stereocenters. The molecule has 14 heteroatoms. The van der Waals surface area contributed by atoms with Crippen LogP contribution in [0.3, 0.4) is 0 Å². The number of hydrogen-bond donors (Lipinski definition) is 1. The smallest absolute Gasteiger partial charge is 0.460 e. The van der Waals surface area contributed by atoms with E-state index in [2.05, 4.69) is 11.6 Å². The highest BCUT2D eigenvalue weighted by molar-refractivity contribution is 6.35. The Morgan fingerprint density at radius 2 is 1.95 bits per heavy atom. The number of aromatic nitrogens is 1. The molecule has 2 saturated heterocycles. The number of aromatic hydroxyl groups is 1. The number of phenols is 1. The van der Waals surface area contributed by atoms with Crippen LogP contribution in [0.25, 0.3) is 11.3 Å². The molecule has 220 valence electrons. The molecular weight excluding hydrogens is 570 g/mol. The van der Waals surface area contributed by atoms with Crippen molar-refractivity contribution >= 4 is 29.2 Å². The molecule has 0 aliphatic carbocycles. The van der Waals surface area contributed by atoms with Gasteiger partial charge in [0.15, 0.2) is 5.75 Å². The first kappa shape index (κ1) is 28.9. The Bertz CT molecular complexity index is 1400. The largest absolute Gasteiger partial charge is 0.507 e. The minimum absolute atomic E-state index is 0.0350. The molecule has 3 aliphatic rings. The van der Waals surface area contributed by atoms with Gasteiger partial charge < -0.3 is 24.5 Å². The Balaban J connectivity index is 1.65. The van der Waals surface area contributed by atoms with E-state index < -0.39 is 41.9 Å². The summed E-state index contributed by atoms with van der Waals surface area (Å²) in [5.41, 5.74) is -2.05. The molecule has 0 radical (unpaired) electrons. The van der Waals surface area contributed by atoms with Crippen molar-refractivity contribution in [2.24, 2.45) is 0 Å². The predicted molar refractivity (Wildman–Crippen MR) is 142 cm³/mol. The third-order valence-electron chi connectivity index (χ3n) is 7.68. The summed E-state index contributed by atoms with van der Waals surface area (Å²) in [6.07, 6.45) is -3.41. The second kappa shape index (κ2) is 10.4. The second-order valence-electron chi connectivity index (χ2n) is 10.7. The highest BCUT2D eigenvalue weighted by atomic mass is 35.5. The standard InChI is InChI=1S/C27H28ClF4N5O4/c1-4-18(39)34-8-10-36-15(12-34)13-41-23-20(25(36)40)24(35-9-11-37(27(30,31)32)26(2,3)14-35)33-22(21(23)28)19-16(29)6-5-7-17(19)38/h4-7,15,38H,1,8-14H2,2-3H3/t15-/m1/s1. The van der Waals surface area contributed by atoms with Crippen molar-refractivity contribution in [2.45, 2.75) is 31.7 Å². The summed E-state index contributed by atoms with van der Waals surface area (Å²) in [6.45, 7) is 6.07. The number of ether oxygens (including phenoxy) is 1. The average Bonchev–Trinajstić information content (AvgIpc) is 3.04. The van der Waals surface area contributed by atoms with E-state index in [0.29, 0.717) is 4.90 Å². The number of piperazine rings is 2. The normalized spacial score (nSPS) is 21.1. The summed E-state index contributed by atoms with van der Waals surface area (Å²) in [5, 5.41) is 10.3. The number of fused-ring (bicyclic) bond motifs is 2. The Labute approximate surface area is 238 Å². The summed E-state index contributed by atoms with van der Waals surface area (Å²) in [5.74, 6) is -2.30. The number of carbonyl (C=O) groups excluding carboxylic acids is 2. The van der Waals surface area contributed by atoms with Crippen molar-refractivity contribution in [3.8, 4) is 22.8 Å². The van der Waals surface area contributed by atoms with Crippen molar-refractivity contribution < 1.29 is 37.0 Å². The lowest BCUT2D eigenvalue weighted by Gasteiger charge is -2.48. The molecule has 1 atom stereocenters. The van der Waals surface area contributed by atoms with E-state index in [1.54, 1.807) is 0 Å². The fourth-order valence-corrected chi connectivity index (χ4v) is 6.01. The van der Waals surface area contributed by atoms with E-state index in [1.807, 2.05) is 0 Å². The molecule has 2 aromatic rings. The Morgan fingerprint density at radius 1 is 1.22 bits per heavy atom. The van der Waals surface area contributed by atoms with Crippen LogP contribution in [0.4, 0.5) is 23.4 Å². The number of nitrogens with zero attached hydrogens (tertiary/aromatic N) is 5. The van der Waals surface area contributed by atoms with Crippen LogP contribution in [0.1, 0.15) is 24.2 Å². The molecule has 0 bridgehead atoms. The number of carbonyl (C=O) groups is 2. The van der Waals surface area contributed by atoms with Gasteiger partial charge in [0, 0.05) is 44.8 Å². The molecule has 2 amide bonds. The van der Waals surface area contributed by atoms with Crippen LogP contribution in [-0.2, 0) is 4.79 Å². The number of phenolic OH excluding ortho intramolecular Hbond substituents is 1. The average molecular weight is 598 g/mol. The Morgan fingerprint density at radius 3 is 2.59 bits per heavy atom. The van der Waals surface area contributed by atoms with Gasteiger partial charge in [-0.2, -0.15) is 13.2 Å². The van der Waals surface area contributed by atoms with E-state index in [9.17, 15) is 27.9 Å². The maximum absolute atomic E-state index is 15.0. The van der Waals surface area contributed by atoms with Crippen LogP contribution < -0.4 is 9.64 Å². The fraction of sp³-hybridized carbons (Fsp3) is 0.444. The zero-order chi connectivity index (χ0) is 29.9. The summed E-state index contributed by atoms with van der Waals surface area (Å²) in [4.78, 5) is 35.9. The van der Waals surface area contributed by atoms with Gasteiger partial charge in [0.2, 0.25) is 5.91 Å². The zero-order valence-corrected chi connectivity index (χ0v) is 23.1. The monoisotopic (exact) mass is 597 g/mol. The minimum Gasteiger partial charge on any atom is -0.507 e. The molecule has 0 spiro atoms. The molecular formula is C27H28ClF4N5O4. The molecule has 5 rings (SSSR count). The molecule has 41 heavy (non-hydrogen) atoms. The van der Waals surface area contributed by atoms with Crippen molar-refractivity contribution in [2.75, 3.05) is 50.8 Å². The van der Waals surface area contributed by atoms with Crippen LogP contribution in [-0.4, -0.2) is 100 Å². The highest BCUT2D eigenvalue weighted by Gasteiger charge is 2.50. The maximum Gasteiger partial charge on any atom is 0.460 e. The number of anilines is 1. The van der Waals surface area contributed by atoms with Crippen LogP contribution in [0.2, 0.25) is 5.02 Å². The summed E-state index contributed by atoms with van der Waals surface area (Å²) < 4.78 is 62.4. The van der Waals surface area contributed by atoms with Crippen molar-refractivity contribution in [3.05, 3.63) is 47.3 Å². The van der Waals surface area contributed by atoms with E-state index in [1.165, 1.54) is 46.8 Å². The molecule has 4 heterocycles. The first-order valence-corrected chi connectivity index (χ1v) is 13.3. The van der Waals surface area contributed by atoms with Gasteiger partial charge >= 0.3 is 6.30 Å². The Kier molecular flexibility index (Phi) is 7.31. The molecule has 1 aromatic heterocycles. The van der Waals surface area contributed by atoms with Crippen molar-refractivity contribution in [1.82, 2.24) is 19.7 Å². The number of benzene rings is 1. The molecule has 9 nitrogen and oxygen atoms in total. The number of amides is 2. The van der Waals surface area contributed by atoms with Crippen LogP contribution >= 0.6 is 11.6 Å². The number of rotatable bonds is 3. The second-order valence-corrected chi connectivity index (χ2v) is 11.1. The number of halogens is 5. The van der Waals surface area contributed by atoms with E-state index >= 15 is 4.39 Å². The first-order valence-electron chi connectivity index (χ1n) is 12.9.